The summed E-state index contributed by atoms with van der Waals surface area (Å²) in [5.74, 6) is 2.28. The molecule has 1 aromatic carbocycles. The van der Waals surface area contributed by atoms with Crippen molar-refractivity contribution < 1.29 is 9.47 Å². The Balaban J connectivity index is 2.74. The summed E-state index contributed by atoms with van der Waals surface area (Å²) in [5.41, 5.74) is 1.20. The molecule has 1 N–H and O–H groups in total. The van der Waals surface area contributed by atoms with Crippen LogP contribution >= 0.6 is 0 Å². The maximum Gasteiger partial charge on any atom is 0.161 e. The summed E-state index contributed by atoms with van der Waals surface area (Å²) in [6.07, 6.45) is 1.05. The predicted molar refractivity (Wildman–Crippen MR) is 75.4 cm³/mol. The molecule has 0 aliphatic carbocycles. The Kier molecular flexibility index (Phi) is 5.99. The highest BCUT2D eigenvalue weighted by atomic mass is 16.5. The maximum absolute atomic E-state index is 5.76. The molecule has 0 spiro atoms. The van der Waals surface area contributed by atoms with Gasteiger partial charge in [0.25, 0.3) is 0 Å². The van der Waals surface area contributed by atoms with E-state index in [0.717, 1.165) is 24.5 Å². The second-order valence-electron chi connectivity index (χ2n) is 4.95. The van der Waals surface area contributed by atoms with Gasteiger partial charge in [-0.05, 0) is 44.0 Å². The first-order valence-corrected chi connectivity index (χ1v) is 6.56. The fourth-order valence-corrected chi connectivity index (χ4v) is 1.64. The minimum absolute atomic E-state index is 0.309. The summed E-state index contributed by atoms with van der Waals surface area (Å²) >= 11 is 0. The van der Waals surface area contributed by atoms with Crippen LogP contribution in [0.5, 0.6) is 11.5 Å². The van der Waals surface area contributed by atoms with E-state index in [9.17, 15) is 0 Å². The molecule has 0 saturated carbocycles. The van der Waals surface area contributed by atoms with E-state index >= 15 is 0 Å². The van der Waals surface area contributed by atoms with Gasteiger partial charge >= 0.3 is 0 Å². The van der Waals surface area contributed by atoms with Crippen molar-refractivity contribution in [1.82, 2.24) is 5.32 Å². The minimum atomic E-state index is 0.309. The van der Waals surface area contributed by atoms with Gasteiger partial charge < -0.3 is 14.8 Å². The zero-order valence-corrected chi connectivity index (χ0v) is 12.1. The lowest BCUT2D eigenvalue weighted by Crippen LogP contribution is -2.12. The van der Waals surface area contributed by atoms with Crippen LogP contribution in [0.2, 0.25) is 0 Å². The number of benzene rings is 1. The van der Waals surface area contributed by atoms with E-state index < -0.39 is 0 Å². The van der Waals surface area contributed by atoms with Crippen molar-refractivity contribution in [3.05, 3.63) is 23.8 Å². The van der Waals surface area contributed by atoms with Gasteiger partial charge in [-0.25, -0.2) is 0 Å². The molecular formula is C15H25NO2. The van der Waals surface area contributed by atoms with Crippen molar-refractivity contribution >= 4 is 0 Å². The maximum atomic E-state index is 5.76. The summed E-state index contributed by atoms with van der Waals surface area (Å²) in [5, 5.41) is 3.21. The number of hydrogen-bond acceptors (Lipinski definition) is 3. The first-order valence-electron chi connectivity index (χ1n) is 6.56. The zero-order chi connectivity index (χ0) is 13.5. The number of methoxy groups -OCH3 is 1. The van der Waals surface area contributed by atoms with Gasteiger partial charge in [-0.2, -0.15) is 0 Å². The third-order valence-electron chi connectivity index (χ3n) is 3.07. The van der Waals surface area contributed by atoms with Gasteiger partial charge in [0.2, 0.25) is 0 Å². The van der Waals surface area contributed by atoms with Gasteiger partial charge in [0.15, 0.2) is 11.5 Å². The van der Waals surface area contributed by atoms with Crippen molar-refractivity contribution in [3.8, 4) is 11.5 Å². The second kappa shape index (κ2) is 7.27. The summed E-state index contributed by atoms with van der Waals surface area (Å²) < 4.78 is 11.1. The Hall–Kier alpha value is -1.22. The molecule has 0 aliphatic heterocycles. The fraction of sp³-hybridized carbons (Fsp3) is 0.600. The van der Waals surface area contributed by atoms with E-state index in [2.05, 4.69) is 32.2 Å². The van der Waals surface area contributed by atoms with Crippen LogP contribution in [-0.4, -0.2) is 20.8 Å². The van der Waals surface area contributed by atoms with Crippen LogP contribution in [0.15, 0.2) is 18.2 Å². The number of hydrogen-bond donors (Lipinski definition) is 1. The van der Waals surface area contributed by atoms with Crippen LogP contribution in [0.1, 0.15) is 38.8 Å². The van der Waals surface area contributed by atoms with Crippen LogP contribution in [0, 0.1) is 5.92 Å². The van der Waals surface area contributed by atoms with Crippen molar-refractivity contribution in [2.45, 2.75) is 33.2 Å². The lowest BCUT2D eigenvalue weighted by atomic mass is 10.1. The standard InChI is InChI=1S/C15H25NO2/c1-11(2)8-9-18-14-7-6-13(12(3)16-4)10-15(14)17-5/h6-7,10-12,16H,8-9H2,1-5H3. The molecule has 1 atom stereocenters. The number of rotatable bonds is 7. The lowest BCUT2D eigenvalue weighted by Gasteiger charge is -2.15. The van der Waals surface area contributed by atoms with E-state index in [1.165, 1.54) is 5.56 Å². The quantitative estimate of drug-likeness (QED) is 0.805. The smallest absolute Gasteiger partial charge is 0.161 e. The molecule has 0 aromatic heterocycles. The van der Waals surface area contributed by atoms with Gasteiger partial charge in [-0.15, -0.1) is 0 Å². The highest BCUT2D eigenvalue weighted by molar-refractivity contribution is 5.43. The topological polar surface area (TPSA) is 30.5 Å². The molecule has 102 valence electrons. The molecule has 1 unspecified atom stereocenters. The normalized spacial score (nSPS) is 12.6. The SMILES string of the molecule is CNC(C)c1ccc(OCCC(C)C)c(OC)c1. The Labute approximate surface area is 110 Å². The summed E-state index contributed by atoms with van der Waals surface area (Å²) in [6.45, 7) is 7.24. The van der Waals surface area contributed by atoms with E-state index in [1.54, 1.807) is 7.11 Å². The van der Waals surface area contributed by atoms with E-state index in [1.807, 2.05) is 19.2 Å². The Morgan fingerprint density at radius 2 is 1.89 bits per heavy atom. The fourth-order valence-electron chi connectivity index (χ4n) is 1.64. The first-order chi connectivity index (χ1) is 8.58. The molecular weight excluding hydrogens is 226 g/mol. The van der Waals surface area contributed by atoms with E-state index in [0.29, 0.717) is 12.0 Å². The highest BCUT2D eigenvalue weighted by Gasteiger charge is 2.09. The Bertz CT molecular complexity index is 364. The van der Waals surface area contributed by atoms with Gasteiger partial charge in [-0.1, -0.05) is 19.9 Å². The van der Waals surface area contributed by atoms with Gasteiger partial charge in [0.1, 0.15) is 0 Å². The minimum Gasteiger partial charge on any atom is -0.493 e. The van der Waals surface area contributed by atoms with Crippen LogP contribution in [0.4, 0.5) is 0 Å². The molecule has 0 saturated heterocycles. The molecule has 1 aromatic rings. The molecule has 0 radical (unpaired) electrons. The van der Waals surface area contributed by atoms with Crippen LogP contribution in [0.25, 0.3) is 0 Å². The molecule has 18 heavy (non-hydrogen) atoms. The van der Waals surface area contributed by atoms with Crippen LogP contribution in [0.3, 0.4) is 0 Å². The van der Waals surface area contributed by atoms with Crippen molar-refractivity contribution in [2.75, 3.05) is 20.8 Å². The average Bonchev–Trinajstić information content (AvgIpc) is 2.37. The average molecular weight is 251 g/mol. The van der Waals surface area contributed by atoms with Crippen molar-refractivity contribution in [2.24, 2.45) is 5.92 Å². The van der Waals surface area contributed by atoms with Crippen LogP contribution in [-0.2, 0) is 0 Å². The molecule has 0 amide bonds. The molecule has 0 fully saturated rings. The van der Waals surface area contributed by atoms with E-state index in [4.69, 9.17) is 9.47 Å². The van der Waals surface area contributed by atoms with E-state index in [-0.39, 0.29) is 0 Å². The lowest BCUT2D eigenvalue weighted by molar-refractivity contribution is 0.272. The molecule has 0 bridgehead atoms. The summed E-state index contributed by atoms with van der Waals surface area (Å²) in [4.78, 5) is 0. The summed E-state index contributed by atoms with van der Waals surface area (Å²) in [6, 6.07) is 6.41. The van der Waals surface area contributed by atoms with Crippen molar-refractivity contribution in [1.29, 1.82) is 0 Å². The monoisotopic (exact) mass is 251 g/mol. The highest BCUT2D eigenvalue weighted by Crippen LogP contribution is 2.30. The zero-order valence-electron chi connectivity index (χ0n) is 12.1. The Morgan fingerprint density at radius 1 is 1.17 bits per heavy atom. The molecule has 0 heterocycles. The Morgan fingerprint density at radius 3 is 2.44 bits per heavy atom. The molecule has 0 aliphatic rings. The van der Waals surface area contributed by atoms with Crippen molar-refractivity contribution in [3.63, 3.8) is 0 Å². The second-order valence-corrected chi connectivity index (χ2v) is 4.95. The van der Waals surface area contributed by atoms with Gasteiger partial charge in [-0.3, -0.25) is 0 Å². The third-order valence-corrected chi connectivity index (χ3v) is 3.07. The molecule has 3 heteroatoms. The summed E-state index contributed by atoms with van der Waals surface area (Å²) in [7, 11) is 3.63. The third kappa shape index (κ3) is 4.22. The van der Waals surface area contributed by atoms with Crippen LogP contribution < -0.4 is 14.8 Å². The van der Waals surface area contributed by atoms with Gasteiger partial charge in [0.05, 0.1) is 13.7 Å². The molecule has 1 rings (SSSR count). The molecule has 3 nitrogen and oxygen atoms in total. The van der Waals surface area contributed by atoms with Gasteiger partial charge in [0, 0.05) is 6.04 Å². The predicted octanol–water partition coefficient (Wildman–Crippen LogP) is 3.40. The first kappa shape index (κ1) is 14.8. The number of nitrogens with one attached hydrogen (secondary N) is 1. The number of ether oxygens (including phenoxy) is 2. The largest absolute Gasteiger partial charge is 0.493 e.